The summed E-state index contributed by atoms with van der Waals surface area (Å²) in [5.41, 5.74) is 7.70. The van der Waals surface area contributed by atoms with Gasteiger partial charge in [-0.3, -0.25) is 0 Å². The predicted octanol–water partition coefficient (Wildman–Crippen LogP) is 13.7. The number of furan rings is 2. The monoisotopic (exact) mass is 740 g/mol. The van der Waals surface area contributed by atoms with Crippen LogP contribution in [-0.2, 0) is 15.9 Å². The number of benzene rings is 7. The molecule has 0 saturated heterocycles. The van der Waals surface area contributed by atoms with Crippen molar-refractivity contribution in [3.63, 3.8) is 0 Å². The maximum atomic E-state index is 11.4. The summed E-state index contributed by atoms with van der Waals surface area (Å²) in [6.45, 7) is 8.17. The van der Waals surface area contributed by atoms with Crippen molar-refractivity contribution in [2.75, 3.05) is 9.80 Å². The lowest BCUT2D eigenvalue weighted by Crippen LogP contribution is -2.24. The Bertz CT molecular complexity index is 2930. The third-order valence-corrected chi connectivity index (χ3v) is 11.1. The average Bonchev–Trinajstić information content (AvgIpc) is 3.84. The molecule has 10 rings (SSSR count). The molecule has 7 heteroatoms. The van der Waals surface area contributed by atoms with Crippen LogP contribution in [-0.4, -0.2) is 0 Å². The van der Waals surface area contributed by atoms with Gasteiger partial charge in [-0.15, -0.1) is 0 Å². The van der Waals surface area contributed by atoms with Crippen molar-refractivity contribution in [2.24, 2.45) is 0 Å². The Labute approximate surface area is 329 Å². The van der Waals surface area contributed by atoms with Crippen molar-refractivity contribution in [3.8, 4) is 12.1 Å². The van der Waals surface area contributed by atoms with Crippen LogP contribution in [0.25, 0.3) is 43.9 Å². The van der Waals surface area contributed by atoms with Gasteiger partial charge in [-0.1, -0.05) is 72.8 Å². The molecule has 0 unspecified atom stereocenters. The Morgan fingerprint density at radius 1 is 0.421 bits per heavy atom. The Morgan fingerprint density at radius 2 is 0.789 bits per heavy atom. The lowest BCUT2D eigenvalue weighted by molar-refractivity contribution is -0.104. The highest BCUT2D eigenvalue weighted by molar-refractivity contribution is 6.08. The topological polar surface area (TPSA) is 89.6 Å². The number of hydrogen-bond acceptors (Lipinski definition) is 7. The standard InChI is InChI=1S/C50H36N4O3/c1-49(2)45-46(50(3,4)57-49)48(54(32-17-9-6-10-18-32)34-24-26-38-36-20-12-14-22-42(36)56-44(38)28-34)40(30-52)39(29-51)47(45)53(31-15-7-5-8-16-31)33-23-25-37-35-19-11-13-21-41(35)55-43(37)27-33/h5-28H,1-4H3. The van der Waals surface area contributed by atoms with Gasteiger partial charge in [0, 0.05) is 67.6 Å². The summed E-state index contributed by atoms with van der Waals surface area (Å²) >= 11 is 0. The van der Waals surface area contributed by atoms with E-state index in [1.54, 1.807) is 0 Å². The van der Waals surface area contributed by atoms with Gasteiger partial charge >= 0.3 is 0 Å². The maximum Gasteiger partial charge on any atom is 0.137 e. The van der Waals surface area contributed by atoms with Gasteiger partial charge in [0.1, 0.15) is 34.5 Å². The molecule has 7 aromatic carbocycles. The Morgan fingerprint density at radius 3 is 1.19 bits per heavy atom. The number of anilines is 6. The summed E-state index contributed by atoms with van der Waals surface area (Å²) in [6.07, 6.45) is 0. The Kier molecular flexibility index (Phi) is 7.56. The molecule has 0 spiro atoms. The summed E-state index contributed by atoms with van der Waals surface area (Å²) in [5.74, 6) is 0. The zero-order valence-electron chi connectivity index (χ0n) is 31.9. The maximum absolute atomic E-state index is 11.4. The second-order valence-electron chi connectivity index (χ2n) is 15.4. The molecule has 57 heavy (non-hydrogen) atoms. The first-order valence-corrected chi connectivity index (χ1v) is 19.0. The summed E-state index contributed by atoms with van der Waals surface area (Å²) in [6, 6.07) is 53.3. The molecule has 2 aromatic heterocycles. The second-order valence-corrected chi connectivity index (χ2v) is 15.4. The molecule has 1 aliphatic heterocycles. The first kappa shape index (κ1) is 34.2. The van der Waals surface area contributed by atoms with Gasteiger partial charge in [0.25, 0.3) is 0 Å². The van der Waals surface area contributed by atoms with Crippen LogP contribution in [0.2, 0.25) is 0 Å². The third kappa shape index (κ3) is 5.21. The van der Waals surface area contributed by atoms with Crippen molar-refractivity contribution in [1.29, 1.82) is 10.5 Å². The minimum absolute atomic E-state index is 0.236. The van der Waals surface area contributed by atoms with Crippen LogP contribution in [0, 0.1) is 22.7 Å². The molecule has 0 amide bonds. The van der Waals surface area contributed by atoms with E-state index in [9.17, 15) is 10.5 Å². The molecule has 0 fully saturated rings. The summed E-state index contributed by atoms with van der Waals surface area (Å²) < 4.78 is 19.8. The zero-order valence-corrected chi connectivity index (χ0v) is 31.9. The van der Waals surface area contributed by atoms with E-state index in [-0.39, 0.29) is 11.1 Å². The lowest BCUT2D eigenvalue weighted by atomic mass is 9.82. The van der Waals surface area contributed by atoms with Crippen LogP contribution in [0.5, 0.6) is 0 Å². The molecular weight excluding hydrogens is 705 g/mol. The fourth-order valence-electron chi connectivity index (χ4n) is 8.98. The number of rotatable bonds is 6. The first-order valence-electron chi connectivity index (χ1n) is 19.0. The summed E-state index contributed by atoms with van der Waals surface area (Å²) in [7, 11) is 0. The van der Waals surface area contributed by atoms with Gasteiger partial charge < -0.3 is 23.4 Å². The van der Waals surface area contributed by atoms with E-state index >= 15 is 0 Å². The number of nitrogens with zero attached hydrogens (tertiary/aromatic N) is 4. The number of para-hydroxylation sites is 4. The van der Waals surface area contributed by atoms with Crippen LogP contribution < -0.4 is 9.80 Å². The number of fused-ring (bicyclic) bond motifs is 7. The molecule has 0 N–H and O–H groups in total. The van der Waals surface area contributed by atoms with Gasteiger partial charge in [0.05, 0.1) is 33.7 Å². The molecule has 274 valence electrons. The van der Waals surface area contributed by atoms with E-state index in [2.05, 4.69) is 58.3 Å². The zero-order chi connectivity index (χ0) is 39.1. The summed E-state index contributed by atoms with van der Waals surface area (Å²) in [5, 5.41) is 26.9. The van der Waals surface area contributed by atoms with E-state index in [0.717, 1.165) is 66.6 Å². The first-order chi connectivity index (χ1) is 27.7. The van der Waals surface area contributed by atoms with Crippen LogP contribution in [0.1, 0.15) is 49.9 Å². The molecule has 0 atom stereocenters. The highest BCUT2D eigenvalue weighted by Crippen LogP contribution is 2.60. The predicted molar refractivity (Wildman–Crippen MR) is 227 cm³/mol. The lowest BCUT2D eigenvalue weighted by Gasteiger charge is -2.35. The number of ether oxygens (including phenoxy) is 1. The van der Waals surface area contributed by atoms with Gasteiger partial charge in [0.15, 0.2) is 0 Å². The molecule has 9 aromatic rings. The van der Waals surface area contributed by atoms with Crippen molar-refractivity contribution < 1.29 is 13.6 Å². The molecular formula is C50H36N4O3. The quantitative estimate of drug-likeness (QED) is 0.168. The van der Waals surface area contributed by atoms with E-state index in [4.69, 9.17) is 13.6 Å². The molecule has 1 aliphatic rings. The largest absolute Gasteiger partial charge is 0.456 e. The summed E-state index contributed by atoms with van der Waals surface area (Å²) in [4.78, 5) is 4.16. The van der Waals surface area contributed by atoms with Crippen LogP contribution in [0.15, 0.2) is 154 Å². The van der Waals surface area contributed by atoms with Gasteiger partial charge in [-0.05, 0) is 88.4 Å². The SMILES string of the molecule is CC1(C)OC(C)(C)c2c(N(c3ccccc3)c3ccc4c(c3)oc3ccccc34)c(C#N)c(C#N)c(N(c3ccccc3)c3ccc4c(c3)oc3ccccc34)c21. The van der Waals surface area contributed by atoms with Crippen LogP contribution >= 0.6 is 0 Å². The smallest absolute Gasteiger partial charge is 0.137 e. The van der Waals surface area contributed by atoms with Gasteiger partial charge in [-0.25, -0.2) is 0 Å². The van der Waals surface area contributed by atoms with E-state index in [1.807, 2.05) is 137 Å². The van der Waals surface area contributed by atoms with Crippen molar-refractivity contribution in [3.05, 3.63) is 168 Å². The van der Waals surface area contributed by atoms with E-state index < -0.39 is 11.2 Å². The molecule has 0 saturated carbocycles. The van der Waals surface area contributed by atoms with Crippen molar-refractivity contribution in [1.82, 2.24) is 0 Å². The Balaban J connectivity index is 1.31. The number of nitriles is 2. The average molecular weight is 741 g/mol. The molecule has 0 aliphatic carbocycles. The van der Waals surface area contributed by atoms with E-state index in [1.165, 1.54) is 0 Å². The normalized spacial score (nSPS) is 14.1. The minimum Gasteiger partial charge on any atom is -0.456 e. The van der Waals surface area contributed by atoms with E-state index in [0.29, 0.717) is 22.5 Å². The van der Waals surface area contributed by atoms with Crippen molar-refractivity contribution in [2.45, 2.75) is 38.9 Å². The molecule has 7 nitrogen and oxygen atoms in total. The highest BCUT2D eigenvalue weighted by Gasteiger charge is 2.50. The van der Waals surface area contributed by atoms with Crippen molar-refractivity contribution >= 4 is 78.0 Å². The Hall–Kier alpha value is -7.32. The van der Waals surface area contributed by atoms with Crippen LogP contribution in [0.4, 0.5) is 34.1 Å². The molecule has 0 bridgehead atoms. The third-order valence-electron chi connectivity index (χ3n) is 11.1. The second kappa shape index (κ2) is 12.6. The fourth-order valence-corrected chi connectivity index (χ4v) is 8.98. The van der Waals surface area contributed by atoms with Gasteiger partial charge in [-0.2, -0.15) is 10.5 Å². The highest BCUT2D eigenvalue weighted by atomic mass is 16.5. The number of hydrogen-bond donors (Lipinski definition) is 0. The minimum atomic E-state index is -0.899. The van der Waals surface area contributed by atoms with Gasteiger partial charge in [0.2, 0.25) is 0 Å². The molecule has 0 radical (unpaired) electrons. The fraction of sp³-hybridized carbons (Fsp3) is 0.120. The van der Waals surface area contributed by atoms with Crippen LogP contribution in [0.3, 0.4) is 0 Å². The molecule has 3 heterocycles.